The Hall–Kier alpha value is -2.80. The molecule has 0 aliphatic rings. The fourth-order valence-electron chi connectivity index (χ4n) is 2.13. The molecule has 1 aromatic carbocycles. The second-order valence-electron chi connectivity index (χ2n) is 5.06. The predicted molar refractivity (Wildman–Crippen MR) is 90.0 cm³/mol. The lowest BCUT2D eigenvalue weighted by atomic mass is 10.1. The lowest BCUT2D eigenvalue weighted by Crippen LogP contribution is -2.25. The van der Waals surface area contributed by atoms with Crippen LogP contribution in [0.3, 0.4) is 0 Å². The zero-order chi connectivity index (χ0) is 16.8. The molecular weight excluding hydrogens is 326 g/mol. The summed E-state index contributed by atoms with van der Waals surface area (Å²) in [4.78, 5) is 27.8. The van der Waals surface area contributed by atoms with Gasteiger partial charge in [0.1, 0.15) is 0 Å². The lowest BCUT2D eigenvalue weighted by Gasteiger charge is -2.01. The van der Waals surface area contributed by atoms with Crippen molar-refractivity contribution in [1.29, 1.82) is 0 Å². The maximum Gasteiger partial charge on any atom is 0.273 e. The largest absolute Gasteiger partial charge is 0.355 e. The number of hydrogen-bond donors (Lipinski definition) is 1. The highest BCUT2D eigenvalue weighted by Gasteiger charge is 2.13. The Balaban J connectivity index is 1.47. The molecule has 0 aliphatic carbocycles. The number of aromatic nitrogens is 2. The zero-order valence-corrected chi connectivity index (χ0v) is 13.6. The number of carbonyl (C=O) groups is 2. The molecule has 0 radical (unpaired) electrons. The second-order valence-corrected chi connectivity index (χ2v) is 5.96. The van der Waals surface area contributed by atoms with Gasteiger partial charge in [0.15, 0.2) is 22.2 Å². The Morgan fingerprint density at radius 1 is 1.21 bits per heavy atom. The van der Waals surface area contributed by atoms with Crippen LogP contribution in [0.5, 0.6) is 0 Å². The van der Waals surface area contributed by atoms with E-state index in [-0.39, 0.29) is 17.4 Å². The quantitative estimate of drug-likeness (QED) is 0.527. The molecule has 0 atom stereocenters. The van der Waals surface area contributed by atoms with Gasteiger partial charge in [-0.3, -0.25) is 9.59 Å². The molecule has 0 fully saturated rings. The Bertz CT molecular complexity index is 813. The molecule has 24 heavy (non-hydrogen) atoms. The summed E-state index contributed by atoms with van der Waals surface area (Å²) in [5.41, 5.74) is 1.08. The number of thiazole rings is 1. The van der Waals surface area contributed by atoms with E-state index in [1.54, 1.807) is 17.6 Å². The van der Waals surface area contributed by atoms with E-state index in [9.17, 15) is 9.59 Å². The number of rotatable bonds is 7. The predicted octanol–water partition coefficient (Wildman–Crippen LogP) is 3.19. The van der Waals surface area contributed by atoms with Crippen molar-refractivity contribution in [2.45, 2.75) is 12.8 Å². The van der Waals surface area contributed by atoms with Crippen molar-refractivity contribution >= 4 is 23.0 Å². The Morgan fingerprint density at radius 3 is 2.79 bits per heavy atom. The molecule has 122 valence electrons. The van der Waals surface area contributed by atoms with Gasteiger partial charge in [0.2, 0.25) is 0 Å². The fraction of sp³-hybridized carbons (Fsp3) is 0.176. The van der Waals surface area contributed by atoms with E-state index in [2.05, 4.69) is 15.5 Å². The van der Waals surface area contributed by atoms with Gasteiger partial charge in [-0.15, -0.1) is 11.3 Å². The number of ketones is 1. The SMILES string of the molecule is O=C(NCCCC(=O)c1nccs1)c1cc(-c2ccccc2)on1. The first-order valence-corrected chi connectivity index (χ1v) is 8.35. The van der Waals surface area contributed by atoms with Gasteiger partial charge < -0.3 is 9.84 Å². The van der Waals surface area contributed by atoms with Crippen LogP contribution in [0.1, 0.15) is 33.1 Å². The number of nitrogens with zero attached hydrogens (tertiary/aromatic N) is 2. The summed E-state index contributed by atoms with van der Waals surface area (Å²) in [6, 6.07) is 11.0. The van der Waals surface area contributed by atoms with Crippen LogP contribution in [-0.4, -0.2) is 28.4 Å². The summed E-state index contributed by atoms with van der Waals surface area (Å²) >= 11 is 1.32. The molecule has 1 N–H and O–H groups in total. The van der Waals surface area contributed by atoms with E-state index < -0.39 is 0 Å². The van der Waals surface area contributed by atoms with Crippen LogP contribution < -0.4 is 5.32 Å². The smallest absolute Gasteiger partial charge is 0.273 e. The average Bonchev–Trinajstić information content (AvgIpc) is 3.31. The summed E-state index contributed by atoms with van der Waals surface area (Å²) in [5, 5.41) is 8.79. The monoisotopic (exact) mass is 341 g/mol. The Morgan fingerprint density at radius 2 is 2.04 bits per heavy atom. The zero-order valence-electron chi connectivity index (χ0n) is 12.8. The third-order valence-electron chi connectivity index (χ3n) is 3.34. The molecule has 7 heteroatoms. The highest BCUT2D eigenvalue weighted by Crippen LogP contribution is 2.19. The van der Waals surface area contributed by atoms with Crippen molar-refractivity contribution in [3.63, 3.8) is 0 Å². The highest BCUT2D eigenvalue weighted by atomic mass is 32.1. The minimum Gasteiger partial charge on any atom is -0.355 e. The first-order valence-electron chi connectivity index (χ1n) is 7.47. The van der Waals surface area contributed by atoms with Crippen molar-refractivity contribution in [2.24, 2.45) is 0 Å². The van der Waals surface area contributed by atoms with Gasteiger partial charge >= 0.3 is 0 Å². The molecule has 3 rings (SSSR count). The van der Waals surface area contributed by atoms with Crippen LogP contribution in [0.4, 0.5) is 0 Å². The maximum atomic E-state index is 12.0. The number of hydrogen-bond acceptors (Lipinski definition) is 6. The van der Waals surface area contributed by atoms with Crippen LogP contribution >= 0.6 is 11.3 Å². The summed E-state index contributed by atoms with van der Waals surface area (Å²) in [6.07, 6.45) is 2.50. The molecule has 0 aliphatic heterocycles. The third-order valence-corrected chi connectivity index (χ3v) is 4.15. The highest BCUT2D eigenvalue weighted by molar-refractivity contribution is 7.11. The topological polar surface area (TPSA) is 85.1 Å². The normalized spacial score (nSPS) is 10.5. The molecule has 2 aromatic heterocycles. The first-order chi connectivity index (χ1) is 11.7. The second kappa shape index (κ2) is 7.65. The van der Waals surface area contributed by atoms with Crippen LogP contribution in [0, 0.1) is 0 Å². The van der Waals surface area contributed by atoms with Gasteiger partial charge in [-0.05, 0) is 6.42 Å². The van der Waals surface area contributed by atoms with Gasteiger partial charge in [-0.1, -0.05) is 35.5 Å². The van der Waals surface area contributed by atoms with Crippen molar-refractivity contribution in [3.05, 3.63) is 58.7 Å². The number of benzene rings is 1. The molecule has 0 unspecified atom stereocenters. The minimum atomic E-state index is -0.317. The van der Waals surface area contributed by atoms with Crippen molar-refractivity contribution < 1.29 is 14.1 Å². The van der Waals surface area contributed by atoms with E-state index in [0.717, 1.165) is 5.56 Å². The van der Waals surface area contributed by atoms with Crippen molar-refractivity contribution in [2.75, 3.05) is 6.54 Å². The van der Waals surface area contributed by atoms with Crippen LogP contribution in [0.2, 0.25) is 0 Å². The Labute approximate surface area is 142 Å². The third kappa shape index (κ3) is 3.94. The minimum absolute atomic E-state index is 0.00736. The average molecular weight is 341 g/mol. The van der Waals surface area contributed by atoms with E-state index in [0.29, 0.717) is 30.2 Å². The molecule has 0 saturated heterocycles. The van der Waals surface area contributed by atoms with Gasteiger partial charge in [0.05, 0.1) is 0 Å². The van der Waals surface area contributed by atoms with E-state index in [1.807, 2.05) is 30.3 Å². The van der Waals surface area contributed by atoms with E-state index in [1.165, 1.54) is 11.3 Å². The van der Waals surface area contributed by atoms with E-state index >= 15 is 0 Å². The molecule has 2 heterocycles. The molecule has 0 spiro atoms. The van der Waals surface area contributed by atoms with Gasteiger partial charge in [-0.2, -0.15) is 0 Å². The van der Waals surface area contributed by atoms with E-state index in [4.69, 9.17) is 4.52 Å². The van der Waals surface area contributed by atoms with Crippen LogP contribution in [-0.2, 0) is 0 Å². The van der Waals surface area contributed by atoms with Gasteiger partial charge in [-0.25, -0.2) is 4.98 Å². The first kappa shape index (κ1) is 16.1. The number of carbonyl (C=O) groups excluding carboxylic acids is 2. The van der Waals surface area contributed by atoms with Crippen molar-refractivity contribution in [1.82, 2.24) is 15.5 Å². The molecule has 3 aromatic rings. The van der Waals surface area contributed by atoms with Crippen LogP contribution in [0.25, 0.3) is 11.3 Å². The Kier molecular flexibility index (Phi) is 5.12. The molecule has 1 amide bonds. The molecule has 0 bridgehead atoms. The summed E-state index contributed by atoms with van der Waals surface area (Å²) in [5.74, 6) is 0.217. The number of Topliss-reactive ketones (excluding diaryl/α,β-unsaturated/α-hetero) is 1. The molecular formula is C17H15N3O3S. The summed E-state index contributed by atoms with van der Waals surface area (Å²) in [6.45, 7) is 0.392. The summed E-state index contributed by atoms with van der Waals surface area (Å²) in [7, 11) is 0. The van der Waals surface area contributed by atoms with Crippen LogP contribution in [0.15, 0.2) is 52.5 Å². The van der Waals surface area contributed by atoms with Gasteiger partial charge in [0, 0.05) is 36.2 Å². The molecule has 0 saturated carbocycles. The van der Waals surface area contributed by atoms with Gasteiger partial charge in [0.25, 0.3) is 5.91 Å². The summed E-state index contributed by atoms with van der Waals surface area (Å²) < 4.78 is 5.19. The molecule has 6 nitrogen and oxygen atoms in total. The van der Waals surface area contributed by atoms with Crippen molar-refractivity contribution in [3.8, 4) is 11.3 Å². The lowest BCUT2D eigenvalue weighted by molar-refractivity contribution is 0.0931. The standard InChI is InChI=1S/C17H15N3O3S/c21-14(17-19-9-10-24-17)7-4-8-18-16(22)13-11-15(23-20-13)12-5-2-1-3-6-12/h1-3,5-6,9-11H,4,7-8H2,(H,18,22). The number of nitrogens with one attached hydrogen (secondary N) is 1. The number of amides is 1. The maximum absolute atomic E-state index is 12.0. The fourth-order valence-corrected chi connectivity index (χ4v) is 2.74.